The molecule has 1 aromatic carbocycles. The second-order valence-corrected chi connectivity index (χ2v) is 10.3. The zero-order valence-corrected chi connectivity index (χ0v) is 18.3. The Bertz CT molecular complexity index is 986. The highest BCUT2D eigenvalue weighted by molar-refractivity contribution is 8.18. The summed E-state index contributed by atoms with van der Waals surface area (Å²) in [6.45, 7) is 2.18. The van der Waals surface area contributed by atoms with Crippen LogP contribution in [0.1, 0.15) is 25.3 Å². The van der Waals surface area contributed by atoms with E-state index < -0.39 is 21.0 Å². The fraction of sp³-hybridized carbons (Fsp3) is 0.381. The largest absolute Gasteiger partial charge is 0.339 e. The van der Waals surface area contributed by atoms with Crippen molar-refractivity contribution in [3.63, 3.8) is 0 Å². The van der Waals surface area contributed by atoms with Crippen LogP contribution in [0.5, 0.6) is 0 Å². The molecule has 1 aromatic rings. The minimum Gasteiger partial charge on any atom is -0.339 e. The smallest absolute Gasteiger partial charge is 0.293 e. The Hall–Kier alpha value is -2.39. The minimum atomic E-state index is -3.10. The van der Waals surface area contributed by atoms with Gasteiger partial charge in [0.15, 0.2) is 9.84 Å². The lowest BCUT2D eigenvalue weighted by molar-refractivity contribution is -0.133. The first-order valence-corrected chi connectivity index (χ1v) is 12.4. The predicted molar refractivity (Wildman–Crippen MR) is 117 cm³/mol. The zero-order chi connectivity index (χ0) is 21.7. The van der Waals surface area contributed by atoms with Gasteiger partial charge in [-0.3, -0.25) is 19.3 Å². The van der Waals surface area contributed by atoms with Crippen molar-refractivity contribution in [3.05, 3.63) is 53.0 Å². The maximum atomic E-state index is 12.6. The van der Waals surface area contributed by atoms with Gasteiger partial charge in [0.2, 0.25) is 5.91 Å². The van der Waals surface area contributed by atoms with Crippen LogP contribution in [0.4, 0.5) is 4.79 Å². The molecule has 160 valence electrons. The van der Waals surface area contributed by atoms with Gasteiger partial charge in [-0.25, -0.2) is 8.42 Å². The van der Waals surface area contributed by atoms with E-state index in [2.05, 4.69) is 0 Å². The van der Waals surface area contributed by atoms with E-state index in [1.54, 1.807) is 24.0 Å². The molecule has 2 heterocycles. The van der Waals surface area contributed by atoms with E-state index in [1.165, 1.54) is 0 Å². The first-order chi connectivity index (χ1) is 14.3. The van der Waals surface area contributed by atoms with Crippen LogP contribution in [0, 0.1) is 0 Å². The van der Waals surface area contributed by atoms with Gasteiger partial charge in [-0.1, -0.05) is 42.5 Å². The number of amides is 3. The minimum absolute atomic E-state index is 0.0147. The van der Waals surface area contributed by atoms with Gasteiger partial charge in [0.25, 0.3) is 11.1 Å². The number of benzene rings is 1. The Balaban J connectivity index is 1.58. The second-order valence-electron chi connectivity index (χ2n) is 7.11. The molecule has 3 rings (SSSR count). The van der Waals surface area contributed by atoms with Crippen molar-refractivity contribution in [3.8, 4) is 0 Å². The summed E-state index contributed by atoms with van der Waals surface area (Å²) < 4.78 is 23.4. The Morgan fingerprint density at radius 3 is 2.63 bits per heavy atom. The number of allylic oxidation sites excluding steroid dienone is 2. The Morgan fingerprint density at radius 2 is 2.00 bits per heavy atom. The molecule has 30 heavy (non-hydrogen) atoms. The third-order valence-electron chi connectivity index (χ3n) is 5.07. The van der Waals surface area contributed by atoms with Crippen molar-refractivity contribution in [2.24, 2.45) is 0 Å². The van der Waals surface area contributed by atoms with Crippen LogP contribution in [0.2, 0.25) is 0 Å². The summed E-state index contributed by atoms with van der Waals surface area (Å²) in [7, 11) is -3.10. The molecule has 1 atom stereocenters. The summed E-state index contributed by atoms with van der Waals surface area (Å²) in [4.78, 5) is 40.3. The lowest BCUT2D eigenvalue weighted by Crippen LogP contribution is -2.42. The average molecular weight is 449 g/mol. The standard InChI is InChI=1S/C21H24N2O5S2/c1-2-22(17-12-14-30(27,28)15-17)19(24)11-13-23-20(25)18(29-21(23)26)10-6-9-16-7-4-3-5-8-16/h3-10,17H,2,11-15H2,1H3. The van der Waals surface area contributed by atoms with Gasteiger partial charge >= 0.3 is 0 Å². The van der Waals surface area contributed by atoms with Crippen LogP contribution in [0.3, 0.4) is 0 Å². The third-order valence-corrected chi connectivity index (χ3v) is 7.74. The number of imide groups is 1. The molecule has 3 amide bonds. The van der Waals surface area contributed by atoms with Crippen molar-refractivity contribution in [2.75, 3.05) is 24.6 Å². The summed E-state index contributed by atoms with van der Waals surface area (Å²) in [6, 6.07) is 9.25. The first-order valence-electron chi connectivity index (χ1n) is 9.77. The third kappa shape index (κ3) is 5.40. The van der Waals surface area contributed by atoms with Gasteiger partial charge in [-0.2, -0.15) is 0 Å². The van der Waals surface area contributed by atoms with Crippen molar-refractivity contribution < 1.29 is 22.8 Å². The van der Waals surface area contributed by atoms with Gasteiger partial charge < -0.3 is 4.90 Å². The highest BCUT2D eigenvalue weighted by Gasteiger charge is 2.37. The first kappa shape index (κ1) is 22.3. The fourth-order valence-corrected chi connectivity index (χ4v) is 6.08. The van der Waals surface area contributed by atoms with Crippen LogP contribution < -0.4 is 0 Å². The number of carbonyl (C=O) groups excluding carboxylic acids is 3. The summed E-state index contributed by atoms with van der Waals surface area (Å²) in [5.41, 5.74) is 0.979. The van der Waals surface area contributed by atoms with Crippen LogP contribution >= 0.6 is 11.8 Å². The van der Waals surface area contributed by atoms with Crippen molar-refractivity contribution in [2.45, 2.75) is 25.8 Å². The monoisotopic (exact) mass is 448 g/mol. The quantitative estimate of drug-likeness (QED) is 0.596. The van der Waals surface area contributed by atoms with Crippen LogP contribution in [-0.2, 0) is 19.4 Å². The predicted octanol–water partition coefficient (Wildman–Crippen LogP) is 2.70. The molecule has 2 aliphatic heterocycles. The van der Waals surface area contributed by atoms with Gasteiger partial charge in [0.1, 0.15) is 0 Å². The Morgan fingerprint density at radius 1 is 1.27 bits per heavy atom. The number of hydrogen-bond acceptors (Lipinski definition) is 6. The SMILES string of the molecule is CCN(C(=O)CCN1C(=O)SC(=CC=Cc2ccccc2)C1=O)C1CCS(=O)(=O)C1. The van der Waals surface area contributed by atoms with Gasteiger partial charge in [-0.05, 0) is 36.7 Å². The number of rotatable bonds is 7. The Kier molecular flexibility index (Phi) is 7.14. The number of nitrogens with zero attached hydrogens (tertiary/aromatic N) is 2. The Labute approximate surface area is 180 Å². The van der Waals surface area contributed by atoms with E-state index in [1.807, 2.05) is 36.4 Å². The normalized spacial score (nSPS) is 22.4. The highest BCUT2D eigenvalue weighted by Crippen LogP contribution is 2.31. The van der Waals surface area contributed by atoms with Crippen LogP contribution in [-0.4, -0.2) is 65.9 Å². The van der Waals surface area contributed by atoms with E-state index in [0.717, 1.165) is 22.2 Å². The fourth-order valence-electron chi connectivity index (χ4n) is 3.53. The molecule has 0 N–H and O–H groups in total. The van der Waals surface area contributed by atoms with Crippen molar-refractivity contribution >= 4 is 44.7 Å². The molecular formula is C21H24N2O5S2. The number of thioether (sulfide) groups is 1. The van der Waals surface area contributed by atoms with Crippen LogP contribution in [0.15, 0.2) is 47.4 Å². The van der Waals surface area contributed by atoms with E-state index >= 15 is 0 Å². The van der Waals surface area contributed by atoms with E-state index in [4.69, 9.17) is 0 Å². The molecule has 2 fully saturated rings. The van der Waals surface area contributed by atoms with E-state index in [9.17, 15) is 22.8 Å². The molecule has 0 aliphatic carbocycles. The molecule has 0 radical (unpaired) electrons. The van der Waals surface area contributed by atoms with Crippen LogP contribution in [0.25, 0.3) is 6.08 Å². The summed E-state index contributed by atoms with van der Waals surface area (Å²) in [6.07, 6.45) is 5.57. The molecule has 7 nitrogen and oxygen atoms in total. The second kappa shape index (κ2) is 9.61. The molecule has 0 bridgehead atoms. The lowest BCUT2D eigenvalue weighted by atomic mass is 10.2. The van der Waals surface area contributed by atoms with E-state index in [0.29, 0.717) is 17.9 Å². The van der Waals surface area contributed by atoms with Gasteiger partial charge in [-0.15, -0.1) is 0 Å². The molecule has 9 heteroatoms. The molecule has 0 aromatic heterocycles. The van der Waals surface area contributed by atoms with E-state index in [-0.39, 0.29) is 36.4 Å². The summed E-state index contributed by atoms with van der Waals surface area (Å²) in [5.74, 6) is -0.593. The molecule has 0 spiro atoms. The molecule has 1 unspecified atom stereocenters. The average Bonchev–Trinajstić information content (AvgIpc) is 3.20. The lowest BCUT2D eigenvalue weighted by Gasteiger charge is -2.27. The zero-order valence-electron chi connectivity index (χ0n) is 16.7. The maximum Gasteiger partial charge on any atom is 0.293 e. The topological polar surface area (TPSA) is 91.8 Å². The maximum absolute atomic E-state index is 12.6. The van der Waals surface area contributed by atoms with Crippen molar-refractivity contribution in [1.29, 1.82) is 0 Å². The molecular weight excluding hydrogens is 424 g/mol. The molecule has 2 saturated heterocycles. The number of sulfone groups is 1. The van der Waals surface area contributed by atoms with Crippen molar-refractivity contribution in [1.82, 2.24) is 9.80 Å². The number of hydrogen-bond donors (Lipinski definition) is 0. The summed E-state index contributed by atoms with van der Waals surface area (Å²) in [5, 5.41) is -0.404. The molecule has 0 saturated carbocycles. The highest BCUT2D eigenvalue weighted by atomic mass is 32.2. The summed E-state index contributed by atoms with van der Waals surface area (Å²) >= 11 is 0.851. The molecule has 2 aliphatic rings. The van der Waals surface area contributed by atoms with Gasteiger partial charge in [0.05, 0.1) is 16.4 Å². The number of carbonyl (C=O) groups is 3. The van der Waals surface area contributed by atoms with Gasteiger partial charge in [0, 0.05) is 25.6 Å².